The van der Waals surface area contributed by atoms with E-state index in [0.29, 0.717) is 22.0 Å². The maximum atomic E-state index is 13.4. The predicted molar refractivity (Wildman–Crippen MR) is 118 cm³/mol. The van der Waals surface area contributed by atoms with Gasteiger partial charge in [0.1, 0.15) is 17.4 Å². The SMILES string of the molecule is Cc1ccc(NC(=O)Cc2nc(COC(=O)C3CC(=O)Nc4cc(F)ccc43)cs2)cc1. The van der Waals surface area contributed by atoms with Crippen molar-refractivity contribution in [2.45, 2.75) is 32.3 Å². The second kappa shape index (κ2) is 9.27. The summed E-state index contributed by atoms with van der Waals surface area (Å²) in [6, 6.07) is 11.4. The Balaban J connectivity index is 1.33. The molecule has 4 rings (SSSR count). The van der Waals surface area contributed by atoms with Gasteiger partial charge in [0.25, 0.3) is 0 Å². The Labute approximate surface area is 187 Å². The Morgan fingerprint density at radius 3 is 2.81 bits per heavy atom. The van der Waals surface area contributed by atoms with Crippen LogP contribution in [0.15, 0.2) is 47.8 Å². The van der Waals surface area contributed by atoms with Gasteiger partial charge in [0.05, 0.1) is 18.0 Å². The first-order valence-corrected chi connectivity index (χ1v) is 10.8. The number of carbonyl (C=O) groups is 3. The molecule has 164 valence electrons. The van der Waals surface area contributed by atoms with Crippen LogP contribution < -0.4 is 10.6 Å². The minimum Gasteiger partial charge on any atom is -0.459 e. The molecule has 0 saturated heterocycles. The molecular weight excluding hydrogens is 433 g/mol. The van der Waals surface area contributed by atoms with Crippen molar-refractivity contribution in [3.63, 3.8) is 0 Å². The monoisotopic (exact) mass is 453 g/mol. The topological polar surface area (TPSA) is 97.4 Å². The molecule has 2 heterocycles. The van der Waals surface area contributed by atoms with Gasteiger partial charge in [-0.1, -0.05) is 23.8 Å². The number of nitrogens with one attached hydrogen (secondary N) is 2. The molecule has 0 saturated carbocycles. The van der Waals surface area contributed by atoms with E-state index in [-0.39, 0.29) is 37.0 Å². The summed E-state index contributed by atoms with van der Waals surface area (Å²) in [4.78, 5) is 41.1. The van der Waals surface area contributed by atoms with Crippen LogP contribution >= 0.6 is 11.3 Å². The van der Waals surface area contributed by atoms with Crippen LogP contribution in [0.4, 0.5) is 15.8 Å². The van der Waals surface area contributed by atoms with Gasteiger partial charge in [-0.15, -0.1) is 11.3 Å². The van der Waals surface area contributed by atoms with Crippen LogP contribution in [-0.4, -0.2) is 22.8 Å². The summed E-state index contributed by atoms with van der Waals surface area (Å²) < 4.78 is 18.8. The first kappa shape index (κ1) is 21.6. The van der Waals surface area contributed by atoms with Gasteiger partial charge in [0.2, 0.25) is 11.8 Å². The second-order valence-corrected chi connectivity index (χ2v) is 8.41. The van der Waals surface area contributed by atoms with Gasteiger partial charge in [0.15, 0.2) is 0 Å². The Hall–Kier alpha value is -3.59. The van der Waals surface area contributed by atoms with Gasteiger partial charge in [0, 0.05) is 23.2 Å². The van der Waals surface area contributed by atoms with Gasteiger partial charge in [-0.2, -0.15) is 0 Å². The third kappa shape index (κ3) is 5.17. The van der Waals surface area contributed by atoms with E-state index in [9.17, 15) is 18.8 Å². The second-order valence-electron chi connectivity index (χ2n) is 7.47. The Bertz CT molecular complexity index is 1180. The number of hydrogen-bond acceptors (Lipinski definition) is 6. The molecule has 0 spiro atoms. The minimum absolute atomic E-state index is 0.0705. The smallest absolute Gasteiger partial charge is 0.314 e. The van der Waals surface area contributed by atoms with E-state index in [1.165, 1.54) is 29.5 Å². The average molecular weight is 453 g/mol. The van der Waals surface area contributed by atoms with Gasteiger partial charge in [-0.3, -0.25) is 14.4 Å². The van der Waals surface area contributed by atoms with Crippen LogP contribution in [-0.2, 0) is 32.1 Å². The number of hydrogen-bond donors (Lipinski definition) is 2. The van der Waals surface area contributed by atoms with Gasteiger partial charge in [-0.05, 0) is 36.8 Å². The largest absolute Gasteiger partial charge is 0.459 e. The number of halogens is 1. The molecule has 1 aromatic heterocycles. The maximum absolute atomic E-state index is 13.4. The summed E-state index contributed by atoms with van der Waals surface area (Å²) in [6.07, 6.45) is 0.0349. The minimum atomic E-state index is -0.808. The van der Waals surface area contributed by atoms with Crippen molar-refractivity contribution >= 4 is 40.5 Å². The quantitative estimate of drug-likeness (QED) is 0.551. The van der Waals surface area contributed by atoms with Crippen molar-refractivity contribution in [2.24, 2.45) is 0 Å². The molecule has 3 aromatic rings. The molecule has 0 radical (unpaired) electrons. The van der Waals surface area contributed by atoms with Gasteiger partial charge >= 0.3 is 5.97 Å². The lowest BCUT2D eigenvalue weighted by Crippen LogP contribution is -2.28. The Morgan fingerprint density at radius 1 is 1.25 bits per heavy atom. The number of carbonyl (C=O) groups excluding carboxylic acids is 3. The van der Waals surface area contributed by atoms with Crippen LogP contribution in [0.1, 0.15) is 34.2 Å². The van der Waals surface area contributed by atoms with Gasteiger partial charge < -0.3 is 15.4 Å². The Kier molecular flexibility index (Phi) is 6.27. The lowest BCUT2D eigenvalue weighted by molar-refractivity contribution is -0.148. The summed E-state index contributed by atoms with van der Waals surface area (Å²) in [5.74, 6) is -2.46. The summed E-state index contributed by atoms with van der Waals surface area (Å²) in [5, 5.41) is 7.70. The van der Waals surface area contributed by atoms with Crippen LogP contribution in [0.2, 0.25) is 0 Å². The standard InChI is InChI=1S/C23H20FN3O4S/c1-13-2-5-15(6-3-13)25-21(29)10-22-26-16(12-32-22)11-31-23(30)18-9-20(28)27-19-8-14(24)4-7-17(18)19/h2-8,12,18H,9-11H2,1H3,(H,25,29)(H,27,28). The number of nitrogens with zero attached hydrogens (tertiary/aromatic N) is 1. The van der Waals surface area contributed by atoms with Crippen LogP contribution in [0.25, 0.3) is 0 Å². The van der Waals surface area contributed by atoms with E-state index in [1.807, 2.05) is 31.2 Å². The molecule has 2 N–H and O–H groups in total. The summed E-state index contributed by atoms with van der Waals surface area (Å²) >= 11 is 1.30. The van der Waals surface area contributed by atoms with Gasteiger partial charge in [-0.25, -0.2) is 9.37 Å². The van der Waals surface area contributed by atoms with Crippen LogP contribution in [0.3, 0.4) is 0 Å². The summed E-state index contributed by atoms with van der Waals surface area (Å²) in [6.45, 7) is 1.89. The van der Waals surface area contributed by atoms with Crippen LogP contribution in [0, 0.1) is 12.7 Å². The molecule has 1 aliphatic rings. The van der Waals surface area contributed by atoms with Crippen molar-refractivity contribution in [1.29, 1.82) is 0 Å². The fourth-order valence-electron chi connectivity index (χ4n) is 3.37. The van der Waals surface area contributed by atoms with E-state index in [1.54, 1.807) is 5.38 Å². The van der Waals surface area contributed by atoms with E-state index >= 15 is 0 Å². The maximum Gasteiger partial charge on any atom is 0.314 e. The highest BCUT2D eigenvalue weighted by atomic mass is 32.1. The predicted octanol–water partition coefficient (Wildman–Crippen LogP) is 3.94. The Morgan fingerprint density at radius 2 is 2.03 bits per heavy atom. The van der Waals surface area contributed by atoms with E-state index in [0.717, 1.165) is 5.56 Å². The third-order valence-electron chi connectivity index (χ3n) is 4.95. The lowest BCUT2D eigenvalue weighted by Gasteiger charge is -2.24. The number of ether oxygens (including phenoxy) is 1. The van der Waals surface area contributed by atoms with Crippen molar-refractivity contribution in [1.82, 2.24) is 4.98 Å². The fraction of sp³-hybridized carbons (Fsp3) is 0.217. The molecule has 1 atom stereocenters. The zero-order chi connectivity index (χ0) is 22.7. The zero-order valence-electron chi connectivity index (χ0n) is 17.2. The lowest BCUT2D eigenvalue weighted by atomic mass is 9.90. The number of esters is 1. The third-order valence-corrected chi connectivity index (χ3v) is 5.85. The molecule has 32 heavy (non-hydrogen) atoms. The van der Waals surface area contributed by atoms with Crippen LogP contribution in [0.5, 0.6) is 0 Å². The van der Waals surface area contributed by atoms with E-state index in [4.69, 9.17) is 4.74 Å². The molecule has 2 aromatic carbocycles. The normalized spacial score (nSPS) is 14.9. The number of aryl methyl sites for hydroxylation is 1. The molecule has 9 heteroatoms. The number of aromatic nitrogens is 1. The molecule has 0 bridgehead atoms. The highest BCUT2D eigenvalue weighted by molar-refractivity contribution is 7.09. The van der Waals surface area contributed by atoms with Crippen molar-refractivity contribution in [2.75, 3.05) is 10.6 Å². The molecule has 0 aliphatic carbocycles. The zero-order valence-corrected chi connectivity index (χ0v) is 18.0. The number of benzene rings is 2. The molecule has 0 fully saturated rings. The average Bonchev–Trinajstić information content (AvgIpc) is 3.19. The van der Waals surface area contributed by atoms with Crippen molar-refractivity contribution < 1.29 is 23.5 Å². The summed E-state index contributed by atoms with van der Waals surface area (Å²) in [5.41, 5.74) is 3.12. The van der Waals surface area contributed by atoms with E-state index < -0.39 is 17.7 Å². The highest BCUT2D eigenvalue weighted by Gasteiger charge is 2.32. The number of thiazole rings is 1. The number of amides is 2. The fourth-order valence-corrected chi connectivity index (χ4v) is 4.15. The number of anilines is 2. The number of rotatable bonds is 6. The van der Waals surface area contributed by atoms with Crippen molar-refractivity contribution in [3.05, 3.63) is 75.5 Å². The number of fused-ring (bicyclic) bond motifs is 1. The first-order chi connectivity index (χ1) is 15.4. The molecule has 7 nitrogen and oxygen atoms in total. The summed E-state index contributed by atoms with van der Waals surface area (Å²) in [7, 11) is 0. The molecular formula is C23H20FN3O4S. The molecule has 1 aliphatic heterocycles. The van der Waals surface area contributed by atoms with E-state index in [2.05, 4.69) is 15.6 Å². The highest BCUT2D eigenvalue weighted by Crippen LogP contribution is 2.33. The van der Waals surface area contributed by atoms with Crippen molar-refractivity contribution in [3.8, 4) is 0 Å². The molecule has 1 unspecified atom stereocenters. The molecule has 2 amide bonds. The first-order valence-electron chi connectivity index (χ1n) is 9.93.